The number of fused-ring (bicyclic) bond motifs is 1. The lowest BCUT2D eigenvalue weighted by molar-refractivity contribution is -0.137. The number of carboxylic acid groups (broad SMARTS) is 1. The summed E-state index contributed by atoms with van der Waals surface area (Å²) in [6.07, 6.45) is 0. The molecule has 1 aromatic carbocycles. The minimum atomic E-state index is -1.47. The molecule has 0 bridgehead atoms. The van der Waals surface area contributed by atoms with Gasteiger partial charge in [0, 0.05) is 11.0 Å². The van der Waals surface area contributed by atoms with Gasteiger partial charge in [0.25, 0.3) is 0 Å². The summed E-state index contributed by atoms with van der Waals surface area (Å²) in [4.78, 5) is 11.1. The minimum absolute atomic E-state index is 0.130. The molecule has 0 aromatic heterocycles. The lowest BCUT2D eigenvalue weighted by Crippen LogP contribution is -2.35. The lowest BCUT2D eigenvalue weighted by atomic mass is 10.3. The highest BCUT2D eigenvalue weighted by atomic mass is 32.2. The number of carboxylic acids is 1. The Labute approximate surface area is 106 Å². The predicted octanol–water partition coefficient (Wildman–Crippen LogP) is -0.0227. The average molecular weight is 271 g/mol. The highest BCUT2D eigenvalue weighted by Gasteiger charge is 2.19. The van der Waals surface area contributed by atoms with Crippen molar-refractivity contribution in [2.75, 3.05) is 19.0 Å². The van der Waals surface area contributed by atoms with Crippen molar-refractivity contribution in [2.45, 2.75) is 10.9 Å². The Balaban J connectivity index is 2.13. The van der Waals surface area contributed by atoms with Gasteiger partial charge in [0.1, 0.15) is 19.3 Å². The largest absolute Gasteiger partial charge is 0.486 e. The smallest absolute Gasteiger partial charge is 0.321 e. The highest BCUT2D eigenvalue weighted by molar-refractivity contribution is 7.85. The third-order valence-electron chi connectivity index (χ3n) is 2.42. The summed E-state index contributed by atoms with van der Waals surface area (Å²) in [5, 5.41) is 8.67. The Hall–Kier alpha value is -1.60. The predicted molar refractivity (Wildman–Crippen MR) is 64.3 cm³/mol. The summed E-state index contributed by atoms with van der Waals surface area (Å²) in [5.41, 5.74) is 5.34. The first-order valence-corrected chi connectivity index (χ1v) is 6.66. The number of nitrogens with two attached hydrogens (primary N) is 1. The van der Waals surface area contributed by atoms with Crippen molar-refractivity contribution in [2.24, 2.45) is 5.73 Å². The van der Waals surface area contributed by atoms with Crippen molar-refractivity contribution in [3.8, 4) is 11.5 Å². The maximum absolute atomic E-state index is 11.9. The molecule has 18 heavy (non-hydrogen) atoms. The summed E-state index contributed by atoms with van der Waals surface area (Å²) < 4.78 is 22.6. The Morgan fingerprint density at radius 2 is 2.06 bits per heavy atom. The van der Waals surface area contributed by atoms with E-state index < -0.39 is 22.8 Å². The van der Waals surface area contributed by atoms with E-state index in [1.54, 1.807) is 18.2 Å². The van der Waals surface area contributed by atoms with E-state index in [-0.39, 0.29) is 5.75 Å². The van der Waals surface area contributed by atoms with Crippen LogP contribution in [-0.4, -0.2) is 40.3 Å². The van der Waals surface area contributed by atoms with E-state index in [1.807, 2.05) is 0 Å². The molecule has 0 saturated heterocycles. The fourth-order valence-corrected chi connectivity index (χ4v) is 2.62. The van der Waals surface area contributed by atoms with Gasteiger partial charge in [-0.2, -0.15) is 0 Å². The van der Waals surface area contributed by atoms with Crippen LogP contribution in [0.2, 0.25) is 0 Å². The van der Waals surface area contributed by atoms with E-state index in [9.17, 15) is 9.00 Å². The van der Waals surface area contributed by atoms with Crippen LogP contribution < -0.4 is 15.2 Å². The maximum atomic E-state index is 11.9. The van der Waals surface area contributed by atoms with Crippen LogP contribution in [0, 0.1) is 0 Å². The summed E-state index contributed by atoms with van der Waals surface area (Å²) in [6, 6.07) is 3.74. The molecule has 7 heteroatoms. The number of hydrogen-bond acceptors (Lipinski definition) is 5. The first-order chi connectivity index (χ1) is 8.58. The van der Waals surface area contributed by atoms with Crippen LogP contribution in [0.3, 0.4) is 0 Å². The van der Waals surface area contributed by atoms with Crippen LogP contribution in [0.25, 0.3) is 0 Å². The molecule has 2 atom stereocenters. The van der Waals surface area contributed by atoms with Gasteiger partial charge in [0.2, 0.25) is 0 Å². The maximum Gasteiger partial charge on any atom is 0.321 e. The normalized spacial score (nSPS) is 16.9. The molecule has 0 aliphatic carbocycles. The molecular weight excluding hydrogens is 258 g/mol. The van der Waals surface area contributed by atoms with Crippen molar-refractivity contribution < 1.29 is 23.6 Å². The standard InChI is InChI=1S/C11H13NO5S/c12-8(11(13)14)6-18(15)7-1-2-9-10(5-7)17-4-3-16-9/h1-2,5,8H,3-4,6,12H2,(H,13,14). The number of aliphatic carboxylic acids is 1. The molecule has 0 radical (unpaired) electrons. The van der Waals surface area contributed by atoms with E-state index >= 15 is 0 Å². The third kappa shape index (κ3) is 2.80. The molecule has 98 valence electrons. The van der Waals surface area contributed by atoms with Crippen LogP contribution in [0.1, 0.15) is 0 Å². The number of ether oxygens (including phenoxy) is 2. The molecule has 1 aliphatic rings. The topological polar surface area (TPSA) is 98.9 Å². The molecule has 1 heterocycles. The first kappa shape index (κ1) is 12.8. The number of benzene rings is 1. The second kappa shape index (κ2) is 5.36. The number of hydrogen-bond donors (Lipinski definition) is 2. The van der Waals surface area contributed by atoms with Crippen molar-refractivity contribution in [1.82, 2.24) is 0 Å². The van der Waals surface area contributed by atoms with Crippen LogP contribution >= 0.6 is 0 Å². The summed E-state index contributed by atoms with van der Waals surface area (Å²) >= 11 is 0. The molecule has 0 amide bonds. The number of rotatable bonds is 4. The molecule has 6 nitrogen and oxygen atoms in total. The van der Waals surface area contributed by atoms with Gasteiger partial charge in [0.15, 0.2) is 11.5 Å². The molecule has 1 aromatic rings. The van der Waals surface area contributed by atoms with Gasteiger partial charge in [0.05, 0.1) is 16.6 Å². The molecule has 0 fully saturated rings. The summed E-state index contributed by atoms with van der Waals surface area (Å²) in [7, 11) is -1.47. The van der Waals surface area contributed by atoms with Crippen LogP contribution in [0.4, 0.5) is 0 Å². The molecule has 0 spiro atoms. The molecule has 1 aliphatic heterocycles. The molecule has 2 unspecified atom stereocenters. The van der Waals surface area contributed by atoms with Crippen molar-refractivity contribution in [3.05, 3.63) is 18.2 Å². The van der Waals surface area contributed by atoms with Gasteiger partial charge < -0.3 is 20.3 Å². The van der Waals surface area contributed by atoms with Gasteiger partial charge >= 0.3 is 5.97 Å². The second-order valence-electron chi connectivity index (χ2n) is 3.76. The lowest BCUT2D eigenvalue weighted by Gasteiger charge is -2.18. The monoisotopic (exact) mass is 271 g/mol. The zero-order chi connectivity index (χ0) is 13.1. The Morgan fingerprint density at radius 3 is 2.72 bits per heavy atom. The van der Waals surface area contributed by atoms with Gasteiger partial charge in [-0.05, 0) is 12.1 Å². The minimum Gasteiger partial charge on any atom is -0.486 e. The van der Waals surface area contributed by atoms with Crippen LogP contribution in [0.5, 0.6) is 11.5 Å². The quantitative estimate of drug-likeness (QED) is 0.798. The van der Waals surface area contributed by atoms with Crippen LogP contribution in [0.15, 0.2) is 23.1 Å². The average Bonchev–Trinajstić information content (AvgIpc) is 2.37. The second-order valence-corrected chi connectivity index (χ2v) is 5.26. The SMILES string of the molecule is NC(CS(=O)c1ccc2c(c1)OCCO2)C(=O)O. The van der Waals surface area contributed by atoms with Gasteiger partial charge in [-0.25, -0.2) is 0 Å². The fraction of sp³-hybridized carbons (Fsp3) is 0.364. The van der Waals surface area contributed by atoms with E-state index in [0.717, 1.165) is 0 Å². The van der Waals surface area contributed by atoms with E-state index in [2.05, 4.69) is 0 Å². The van der Waals surface area contributed by atoms with E-state index in [4.69, 9.17) is 20.3 Å². The summed E-state index contributed by atoms with van der Waals surface area (Å²) in [6.45, 7) is 0.928. The van der Waals surface area contributed by atoms with E-state index in [1.165, 1.54) is 0 Å². The summed E-state index contributed by atoms with van der Waals surface area (Å²) in [5.74, 6) is -0.170. The van der Waals surface area contributed by atoms with Gasteiger partial charge in [-0.1, -0.05) is 0 Å². The fourth-order valence-electron chi connectivity index (χ4n) is 1.50. The molecule has 2 rings (SSSR count). The molecule has 0 saturated carbocycles. The van der Waals surface area contributed by atoms with Crippen molar-refractivity contribution in [3.63, 3.8) is 0 Å². The molecule has 3 N–H and O–H groups in total. The zero-order valence-electron chi connectivity index (χ0n) is 9.50. The Kier molecular flexibility index (Phi) is 3.83. The van der Waals surface area contributed by atoms with E-state index in [0.29, 0.717) is 29.6 Å². The van der Waals surface area contributed by atoms with Crippen molar-refractivity contribution >= 4 is 16.8 Å². The highest BCUT2D eigenvalue weighted by Crippen LogP contribution is 2.31. The van der Waals surface area contributed by atoms with Crippen LogP contribution in [-0.2, 0) is 15.6 Å². The van der Waals surface area contributed by atoms with Gasteiger partial charge in [-0.15, -0.1) is 0 Å². The van der Waals surface area contributed by atoms with Crippen molar-refractivity contribution in [1.29, 1.82) is 0 Å². The Morgan fingerprint density at radius 1 is 1.39 bits per heavy atom. The number of carbonyl (C=O) groups is 1. The molecular formula is C11H13NO5S. The Bertz CT molecular complexity index is 490. The first-order valence-electron chi connectivity index (χ1n) is 5.34. The van der Waals surface area contributed by atoms with Gasteiger partial charge in [-0.3, -0.25) is 9.00 Å². The third-order valence-corrected chi connectivity index (χ3v) is 3.87. The zero-order valence-corrected chi connectivity index (χ0v) is 10.3.